The van der Waals surface area contributed by atoms with Crippen molar-refractivity contribution in [2.75, 3.05) is 13.7 Å². The summed E-state index contributed by atoms with van der Waals surface area (Å²) in [6, 6.07) is 1.78. The second-order valence-corrected chi connectivity index (χ2v) is 4.81. The van der Waals surface area contributed by atoms with Gasteiger partial charge in [-0.2, -0.15) is 5.10 Å². The second kappa shape index (κ2) is 6.18. The van der Waals surface area contributed by atoms with Gasteiger partial charge in [0.15, 0.2) is 0 Å². The molecule has 2 aromatic heterocycles. The molecule has 2 aromatic rings. The van der Waals surface area contributed by atoms with Crippen LogP contribution in [0.15, 0.2) is 23.8 Å². The summed E-state index contributed by atoms with van der Waals surface area (Å²) in [6.45, 7) is 0.272. The number of nitrogens with zero attached hydrogens (tertiary/aromatic N) is 2. The lowest BCUT2D eigenvalue weighted by atomic mass is 10.2. The van der Waals surface area contributed by atoms with Gasteiger partial charge in [-0.25, -0.2) is 0 Å². The van der Waals surface area contributed by atoms with E-state index in [9.17, 15) is 4.79 Å². The van der Waals surface area contributed by atoms with Gasteiger partial charge >= 0.3 is 0 Å². The third kappa shape index (κ3) is 3.22. The summed E-state index contributed by atoms with van der Waals surface area (Å²) in [5, 5.41) is 17.1. The van der Waals surface area contributed by atoms with E-state index in [4.69, 9.17) is 5.11 Å². The number of H-pyrrole nitrogens is 1. The third-order valence-electron chi connectivity index (χ3n) is 2.48. The van der Waals surface area contributed by atoms with Gasteiger partial charge in [-0.3, -0.25) is 9.89 Å². The molecular formula is C13H13N3O2S. The quantitative estimate of drug-likeness (QED) is 0.824. The number of aliphatic hydroxyl groups is 1. The van der Waals surface area contributed by atoms with Gasteiger partial charge in [0.25, 0.3) is 5.91 Å². The molecule has 2 rings (SSSR count). The molecule has 2 heterocycles. The summed E-state index contributed by atoms with van der Waals surface area (Å²) < 4.78 is 0. The van der Waals surface area contributed by atoms with Crippen molar-refractivity contribution in [3.05, 3.63) is 39.8 Å². The molecule has 0 spiro atoms. The van der Waals surface area contributed by atoms with E-state index in [1.807, 2.05) is 5.38 Å². The molecule has 6 heteroatoms. The van der Waals surface area contributed by atoms with Gasteiger partial charge in [-0.15, -0.1) is 11.3 Å². The van der Waals surface area contributed by atoms with Crippen LogP contribution in [0, 0.1) is 11.8 Å². The van der Waals surface area contributed by atoms with Crippen LogP contribution in [0.3, 0.4) is 0 Å². The van der Waals surface area contributed by atoms with Crippen molar-refractivity contribution < 1.29 is 9.90 Å². The highest BCUT2D eigenvalue weighted by Crippen LogP contribution is 2.18. The maximum absolute atomic E-state index is 12.3. The molecule has 5 nitrogen and oxygen atoms in total. The van der Waals surface area contributed by atoms with Crippen LogP contribution in [-0.2, 0) is 6.54 Å². The largest absolute Gasteiger partial charge is 0.384 e. The van der Waals surface area contributed by atoms with Crippen molar-refractivity contribution in [2.45, 2.75) is 6.54 Å². The lowest BCUT2D eigenvalue weighted by Gasteiger charge is -2.15. The van der Waals surface area contributed by atoms with E-state index in [0.29, 0.717) is 17.0 Å². The fourth-order valence-corrected chi connectivity index (χ4v) is 2.43. The van der Waals surface area contributed by atoms with Crippen LogP contribution in [0.5, 0.6) is 0 Å². The highest BCUT2D eigenvalue weighted by atomic mass is 32.1. The zero-order valence-electron chi connectivity index (χ0n) is 10.4. The molecule has 0 aliphatic rings. The minimum atomic E-state index is -0.214. The van der Waals surface area contributed by atoms with E-state index in [1.54, 1.807) is 30.4 Å². The minimum Gasteiger partial charge on any atom is -0.384 e. The van der Waals surface area contributed by atoms with Crippen LogP contribution in [0.25, 0.3) is 0 Å². The molecule has 0 aromatic carbocycles. The normalized spacial score (nSPS) is 9.79. The number of carbonyl (C=O) groups excluding carboxylic acids is 1. The number of aromatic amines is 1. The molecule has 0 radical (unpaired) electrons. The Hall–Kier alpha value is -2.10. The van der Waals surface area contributed by atoms with Gasteiger partial charge < -0.3 is 10.0 Å². The van der Waals surface area contributed by atoms with E-state index < -0.39 is 0 Å². The Morgan fingerprint density at radius 2 is 2.47 bits per heavy atom. The number of aromatic nitrogens is 2. The van der Waals surface area contributed by atoms with Crippen LogP contribution in [-0.4, -0.2) is 39.8 Å². The minimum absolute atomic E-state index is 0.0848. The van der Waals surface area contributed by atoms with Gasteiger partial charge in [0.05, 0.1) is 6.20 Å². The van der Waals surface area contributed by atoms with Crippen LogP contribution < -0.4 is 0 Å². The highest BCUT2D eigenvalue weighted by molar-refractivity contribution is 7.12. The van der Waals surface area contributed by atoms with E-state index in [2.05, 4.69) is 22.0 Å². The Balaban J connectivity index is 2.13. The Morgan fingerprint density at radius 3 is 3.16 bits per heavy atom. The average molecular weight is 275 g/mol. The van der Waals surface area contributed by atoms with Crippen molar-refractivity contribution in [1.29, 1.82) is 0 Å². The standard InChI is InChI=1S/C13H13N3O2S/c1-16(9-10-7-14-15-8-10)13(18)12-11(3-2-5-17)4-6-19-12/h4,6-8,17H,5,9H2,1H3,(H,14,15). The first-order valence-electron chi connectivity index (χ1n) is 5.62. The topological polar surface area (TPSA) is 69.2 Å². The zero-order chi connectivity index (χ0) is 13.7. The Kier molecular flexibility index (Phi) is 4.34. The summed E-state index contributed by atoms with van der Waals surface area (Å²) in [7, 11) is 1.73. The van der Waals surface area contributed by atoms with E-state index >= 15 is 0 Å². The van der Waals surface area contributed by atoms with Crippen molar-refractivity contribution >= 4 is 17.2 Å². The average Bonchev–Trinajstić information content (AvgIpc) is 3.06. The van der Waals surface area contributed by atoms with Gasteiger partial charge in [0.1, 0.15) is 11.5 Å². The van der Waals surface area contributed by atoms with E-state index in [0.717, 1.165) is 5.56 Å². The first-order valence-corrected chi connectivity index (χ1v) is 6.50. The molecule has 0 atom stereocenters. The molecular weight excluding hydrogens is 262 g/mol. The molecule has 0 fully saturated rings. The smallest absolute Gasteiger partial charge is 0.265 e. The predicted molar refractivity (Wildman–Crippen MR) is 72.7 cm³/mol. The number of amides is 1. The van der Waals surface area contributed by atoms with Crippen molar-refractivity contribution in [2.24, 2.45) is 0 Å². The maximum atomic E-state index is 12.3. The summed E-state index contributed by atoms with van der Waals surface area (Å²) >= 11 is 1.35. The van der Waals surface area contributed by atoms with Crippen molar-refractivity contribution in [3.8, 4) is 11.8 Å². The number of carbonyl (C=O) groups is 1. The van der Waals surface area contributed by atoms with Gasteiger partial charge in [-0.05, 0) is 11.4 Å². The van der Waals surface area contributed by atoms with Gasteiger partial charge in [0, 0.05) is 30.9 Å². The lowest BCUT2D eigenvalue weighted by Crippen LogP contribution is -2.25. The molecule has 98 valence electrons. The van der Waals surface area contributed by atoms with Crippen LogP contribution in [0.2, 0.25) is 0 Å². The van der Waals surface area contributed by atoms with Gasteiger partial charge in [0.2, 0.25) is 0 Å². The first kappa shape index (κ1) is 13.3. The third-order valence-corrected chi connectivity index (χ3v) is 3.39. The number of rotatable bonds is 3. The fourth-order valence-electron chi connectivity index (χ4n) is 1.59. The van der Waals surface area contributed by atoms with Crippen molar-refractivity contribution in [3.63, 3.8) is 0 Å². The maximum Gasteiger partial charge on any atom is 0.265 e. The number of thiophene rings is 1. The number of hydrogen-bond acceptors (Lipinski definition) is 4. The molecule has 0 saturated heterocycles. The predicted octanol–water partition coefficient (Wildman–Crippen LogP) is 1.09. The Bertz CT molecular complexity index is 607. The number of aliphatic hydroxyl groups excluding tert-OH is 1. The molecule has 0 saturated carbocycles. The molecule has 2 N–H and O–H groups in total. The first-order chi connectivity index (χ1) is 9.22. The second-order valence-electron chi connectivity index (χ2n) is 3.89. The summed E-state index contributed by atoms with van der Waals surface area (Å²) in [4.78, 5) is 14.5. The van der Waals surface area contributed by atoms with E-state index in [1.165, 1.54) is 11.3 Å². The fraction of sp³-hybridized carbons (Fsp3) is 0.231. The number of hydrogen-bond donors (Lipinski definition) is 2. The molecule has 0 bridgehead atoms. The van der Waals surface area contributed by atoms with Crippen LogP contribution in [0.1, 0.15) is 20.8 Å². The monoisotopic (exact) mass is 275 g/mol. The molecule has 19 heavy (non-hydrogen) atoms. The van der Waals surface area contributed by atoms with Crippen LogP contribution >= 0.6 is 11.3 Å². The lowest BCUT2D eigenvalue weighted by molar-refractivity contribution is 0.0789. The van der Waals surface area contributed by atoms with Crippen molar-refractivity contribution in [1.82, 2.24) is 15.1 Å². The Labute approximate surface area is 114 Å². The number of nitrogens with one attached hydrogen (secondary N) is 1. The zero-order valence-corrected chi connectivity index (χ0v) is 11.2. The molecule has 0 unspecified atom stereocenters. The van der Waals surface area contributed by atoms with Crippen LogP contribution in [0.4, 0.5) is 0 Å². The van der Waals surface area contributed by atoms with Gasteiger partial charge in [-0.1, -0.05) is 11.8 Å². The van der Waals surface area contributed by atoms with E-state index in [-0.39, 0.29) is 12.5 Å². The summed E-state index contributed by atoms with van der Waals surface area (Å²) in [6.07, 6.45) is 3.44. The molecule has 0 aliphatic carbocycles. The molecule has 0 aliphatic heterocycles. The highest BCUT2D eigenvalue weighted by Gasteiger charge is 2.17. The summed E-state index contributed by atoms with van der Waals surface area (Å²) in [5.41, 5.74) is 1.60. The summed E-state index contributed by atoms with van der Waals surface area (Å²) in [5.74, 6) is 5.25. The molecule has 1 amide bonds. The SMILES string of the molecule is CN(Cc1cn[nH]c1)C(=O)c1sccc1C#CCO. The Morgan fingerprint density at radius 1 is 1.63 bits per heavy atom.